The van der Waals surface area contributed by atoms with Crippen molar-refractivity contribution in [2.75, 3.05) is 14.1 Å². The number of fused-ring (bicyclic) bond motifs is 1. The van der Waals surface area contributed by atoms with Crippen LogP contribution < -0.4 is 10.6 Å². The minimum Gasteiger partial charge on any atom is -0.335 e. The first-order valence-corrected chi connectivity index (χ1v) is 5.50. The molecule has 0 bridgehead atoms. The zero-order valence-corrected chi connectivity index (χ0v) is 10.0. The molecule has 0 aromatic carbocycles. The number of nitrogens with one attached hydrogen (secondary N) is 2. The van der Waals surface area contributed by atoms with Gasteiger partial charge in [-0.25, -0.2) is 9.59 Å². The smallest absolute Gasteiger partial charge is 0.319 e. The second-order valence-corrected chi connectivity index (χ2v) is 4.67. The molecule has 2 rings (SSSR count). The van der Waals surface area contributed by atoms with Gasteiger partial charge in [-0.1, -0.05) is 0 Å². The maximum Gasteiger partial charge on any atom is 0.319 e. The Balaban J connectivity index is 2.29. The van der Waals surface area contributed by atoms with Crippen LogP contribution in [0.1, 0.15) is 13.8 Å². The lowest BCUT2D eigenvalue weighted by Crippen LogP contribution is -2.73. The van der Waals surface area contributed by atoms with Gasteiger partial charge in [0.2, 0.25) is 0 Å². The van der Waals surface area contributed by atoms with Crippen LogP contribution in [0.4, 0.5) is 9.59 Å². The quantitative estimate of drug-likeness (QED) is 0.611. The number of nitrogens with zero attached hydrogens (tertiary/aromatic N) is 2. The molecule has 2 fully saturated rings. The van der Waals surface area contributed by atoms with Crippen LogP contribution in [-0.2, 0) is 0 Å². The molecule has 2 N–H and O–H groups in total. The van der Waals surface area contributed by atoms with Crippen molar-refractivity contribution in [2.24, 2.45) is 5.92 Å². The van der Waals surface area contributed by atoms with Crippen molar-refractivity contribution in [1.29, 1.82) is 0 Å². The first-order chi connectivity index (χ1) is 7.43. The Kier molecular flexibility index (Phi) is 2.44. The van der Waals surface area contributed by atoms with E-state index in [2.05, 4.69) is 10.6 Å². The second kappa shape index (κ2) is 3.54. The highest BCUT2D eigenvalue weighted by Gasteiger charge is 2.47. The van der Waals surface area contributed by atoms with Crippen molar-refractivity contribution in [3.63, 3.8) is 0 Å². The van der Waals surface area contributed by atoms with Crippen molar-refractivity contribution in [2.45, 2.75) is 32.1 Å². The Morgan fingerprint density at radius 2 is 1.56 bits per heavy atom. The zero-order chi connectivity index (χ0) is 12.0. The standard InChI is InChI=1S/C10H18N4O2/c1-5-7-6(2)13(3)10(16)12-8(7)14(4)9(15)11-5/h5-8H,1-4H3,(H,11,15)(H,12,16)/t5-,6-,7-,8-/m0/s1. The van der Waals surface area contributed by atoms with Gasteiger partial charge in [-0.15, -0.1) is 0 Å². The fourth-order valence-corrected chi connectivity index (χ4v) is 2.60. The molecular formula is C10H18N4O2. The maximum absolute atomic E-state index is 11.7. The van der Waals surface area contributed by atoms with E-state index in [9.17, 15) is 9.59 Å². The normalized spacial score (nSPS) is 39.0. The summed E-state index contributed by atoms with van der Waals surface area (Å²) in [5, 5.41) is 5.76. The van der Waals surface area contributed by atoms with Gasteiger partial charge >= 0.3 is 12.1 Å². The van der Waals surface area contributed by atoms with Crippen LogP contribution in [0, 0.1) is 5.92 Å². The number of urea groups is 2. The summed E-state index contributed by atoms with van der Waals surface area (Å²) >= 11 is 0. The summed E-state index contributed by atoms with van der Waals surface area (Å²) in [6, 6.07) is -0.0862. The Labute approximate surface area is 95.0 Å². The fraction of sp³-hybridized carbons (Fsp3) is 0.800. The van der Waals surface area contributed by atoms with E-state index in [1.165, 1.54) is 0 Å². The van der Waals surface area contributed by atoms with Gasteiger partial charge in [0.25, 0.3) is 0 Å². The number of rotatable bonds is 0. The van der Waals surface area contributed by atoms with Gasteiger partial charge in [-0.05, 0) is 13.8 Å². The summed E-state index contributed by atoms with van der Waals surface area (Å²) in [6.45, 7) is 3.99. The monoisotopic (exact) mass is 226 g/mol. The van der Waals surface area contributed by atoms with E-state index in [-0.39, 0.29) is 36.2 Å². The van der Waals surface area contributed by atoms with Gasteiger partial charge in [-0.3, -0.25) is 0 Å². The van der Waals surface area contributed by atoms with Crippen molar-refractivity contribution in [1.82, 2.24) is 20.4 Å². The number of carbonyl (C=O) groups is 2. The SMILES string of the molecule is C[C@@H]1NC(=O)N(C)[C@@H]2NC(=O)N(C)[C@@H](C)[C@H]12. The first kappa shape index (κ1) is 11.0. The molecule has 0 aromatic heterocycles. The van der Waals surface area contributed by atoms with Crippen molar-refractivity contribution in [3.8, 4) is 0 Å². The molecule has 0 radical (unpaired) electrons. The van der Waals surface area contributed by atoms with E-state index in [4.69, 9.17) is 0 Å². The maximum atomic E-state index is 11.7. The summed E-state index contributed by atoms with van der Waals surface area (Å²) in [6.07, 6.45) is -0.206. The largest absolute Gasteiger partial charge is 0.335 e. The summed E-state index contributed by atoms with van der Waals surface area (Å²) < 4.78 is 0. The lowest BCUT2D eigenvalue weighted by Gasteiger charge is -2.51. The lowest BCUT2D eigenvalue weighted by atomic mass is 9.86. The minimum absolute atomic E-state index is 0.0618. The zero-order valence-electron chi connectivity index (χ0n) is 10.0. The molecule has 2 aliphatic heterocycles. The minimum atomic E-state index is -0.206. The van der Waals surface area contributed by atoms with Gasteiger partial charge in [0, 0.05) is 32.1 Å². The number of amides is 4. The molecule has 0 unspecified atom stereocenters. The van der Waals surface area contributed by atoms with Crippen molar-refractivity contribution in [3.05, 3.63) is 0 Å². The highest BCUT2D eigenvalue weighted by atomic mass is 16.2. The molecule has 90 valence electrons. The lowest BCUT2D eigenvalue weighted by molar-refractivity contribution is 0.0318. The van der Waals surface area contributed by atoms with E-state index in [1.54, 1.807) is 23.9 Å². The Morgan fingerprint density at radius 1 is 1.00 bits per heavy atom. The Hall–Kier alpha value is -1.46. The molecular weight excluding hydrogens is 208 g/mol. The highest BCUT2D eigenvalue weighted by Crippen LogP contribution is 2.27. The predicted octanol–water partition coefficient (Wildman–Crippen LogP) is 0.0157. The van der Waals surface area contributed by atoms with E-state index < -0.39 is 0 Å². The van der Waals surface area contributed by atoms with Gasteiger partial charge in [0.1, 0.15) is 6.17 Å². The number of hydrogen-bond donors (Lipinski definition) is 2. The second-order valence-electron chi connectivity index (χ2n) is 4.67. The molecule has 6 nitrogen and oxygen atoms in total. The highest BCUT2D eigenvalue weighted by molar-refractivity contribution is 5.80. The Morgan fingerprint density at radius 3 is 2.19 bits per heavy atom. The van der Waals surface area contributed by atoms with Crippen molar-refractivity contribution >= 4 is 12.1 Å². The Bertz CT molecular complexity index is 333. The third kappa shape index (κ3) is 1.40. The molecule has 2 heterocycles. The average Bonchev–Trinajstić information content (AvgIpc) is 2.22. The predicted molar refractivity (Wildman–Crippen MR) is 58.8 cm³/mol. The summed E-state index contributed by atoms with van der Waals surface area (Å²) in [5.41, 5.74) is 0. The average molecular weight is 226 g/mol. The van der Waals surface area contributed by atoms with Gasteiger partial charge in [-0.2, -0.15) is 0 Å². The van der Waals surface area contributed by atoms with Gasteiger partial charge in [0.05, 0.1) is 0 Å². The van der Waals surface area contributed by atoms with E-state index in [0.29, 0.717) is 0 Å². The third-order valence-electron chi connectivity index (χ3n) is 3.79. The van der Waals surface area contributed by atoms with E-state index >= 15 is 0 Å². The van der Waals surface area contributed by atoms with Crippen LogP contribution in [0.25, 0.3) is 0 Å². The number of carbonyl (C=O) groups excluding carboxylic acids is 2. The van der Waals surface area contributed by atoms with Crippen LogP contribution in [0.2, 0.25) is 0 Å². The molecule has 6 heteroatoms. The van der Waals surface area contributed by atoms with E-state index in [0.717, 1.165) is 0 Å². The fourth-order valence-electron chi connectivity index (χ4n) is 2.60. The third-order valence-corrected chi connectivity index (χ3v) is 3.79. The van der Waals surface area contributed by atoms with Crippen molar-refractivity contribution < 1.29 is 9.59 Å². The van der Waals surface area contributed by atoms with Crippen LogP contribution in [-0.4, -0.2) is 54.2 Å². The molecule has 2 saturated heterocycles. The van der Waals surface area contributed by atoms with Crippen LogP contribution in [0.5, 0.6) is 0 Å². The first-order valence-electron chi connectivity index (χ1n) is 5.50. The summed E-state index contributed by atoms with van der Waals surface area (Å²) in [4.78, 5) is 26.5. The molecule has 0 spiro atoms. The van der Waals surface area contributed by atoms with Crippen LogP contribution >= 0.6 is 0 Å². The summed E-state index contributed by atoms with van der Waals surface area (Å²) in [5.74, 6) is 0.199. The molecule has 4 amide bonds. The summed E-state index contributed by atoms with van der Waals surface area (Å²) in [7, 11) is 3.48. The molecule has 0 aromatic rings. The van der Waals surface area contributed by atoms with Crippen LogP contribution in [0.15, 0.2) is 0 Å². The topological polar surface area (TPSA) is 64.7 Å². The van der Waals surface area contributed by atoms with Gasteiger partial charge in [0.15, 0.2) is 0 Å². The molecule has 0 aliphatic carbocycles. The number of hydrogen-bond acceptors (Lipinski definition) is 2. The molecule has 16 heavy (non-hydrogen) atoms. The van der Waals surface area contributed by atoms with Crippen LogP contribution in [0.3, 0.4) is 0 Å². The molecule has 0 saturated carbocycles. The molecule has 2 aliphatic rings. The molecule has 4 atom stereocenters. The van der Waals surface area contributed by atoms with Gasteiger partial charge < -0.3 is 20.4 Å². The van der Waals surface area contributed by atoms with E-state index in [1.807, 2.05) is 13.8 Å².